The molecule has 1 heterocycles. The number of piperidine rings is 1. The number of rotatable bonds is 4. The van der Waals surface area contributed by atoms with Gasteiger partial charge in [-0.05, 0) is 44.0 Å². The smallest absolute Gasteiger partial charge is 0.319 e. The van der Waals surface area contributed by atoms with Crippen LogP contribution < -0.4 is 10.1 Å². The zero-order chi connectivity index (χ0) is 17.7. The second-order valence-electron chi connectivity index (χ2n) is 6.20. The number of phenols is 1. The van der Waals surface area contributed by atoms with Crippen LogP contribution >= 0.6 is 0 Å². The van der Waals surface area contributed by atoms with Crippen molar-refractivity contribution < 1.29 is 19.4 Å². The second kappa shape index (κ2) is 7.90. The van der Waals surface area contributed by atoms with Gasteiger partial charge in [-0.3, -0.25) is 4.79 Å². The minimum Gasteiger partial charge on any atom is -0.508 e. The van der Waals surface area contributed by atoms with Crippen LogP contribution in [0.2, 0.25) is 0 Å². The average Bonchev–Trinajstić information content (AvgIpc) is 2.56. The first-order chi connectivity index (χ1) is 11.4. The van der Waals surface area contributed by atoms with Crippen LogP contribution in [0.5, 0.6) is 11.5 Å². The number of hydrogen-bond donors (Lipinski definition) is 2. The van der Waals surface area contributed by atoms with Gasteiger partial charge in [-0.2, -0.15) is 0 Å². The maximum absolute atomic E-state index is 12.2. The maximum atomic E-state index is 12.2. The quantitative estimate of drug-likeness (QED) is 0.872. The Morgan fingerprint density at radius 3 is 2.38 bits per heavy atom. The number of ether oxygens (including phenoxy) is 1. The third kappa shape index (κ3) is 4.78. The molecule has 24 heavy (non-hydrogen) atoms. The lowest BCUT2D eigenvalue weighted by Crippen LogP contribution is -2.50. The molecule has 1 unspecified atom stereocenters. The summed E-state index contributed by atoms with van der Waals surface area (Å²) in [6.07, 6.45) is 0.838. The van der Waals surface area contributed by atoms with Crippen molar-refractivity contribution in [3.05, 3.63) is 24.3 Å². The Hall–Kier alpha value is -2.44. The van der Waals surface area contributed by atoms with E-state index in [4.69, 9.17) is 4.74 Å². The van der Waals surface area contributed by atoms with Gasteiger partial charge in [0, 0.05) is 33.2 Å². The Kier molecular flexibility index (Phi) is 5.89. The fraction of sp³-hybridized carbons (Fsp3) is 0.529. The minimum absolute atomic E-state index is 0.00353. The first-order valence-corrected chi connectivity index (χ1v) is 8.09. The molecule has 1 saturated heterocycles. The number of hydrogen-bond acceptors (Lipinski definition) is 4. The SMILES string of the molecule is CC(Oc1ccc(O)cc1)C(=O)NC1CCN(C(=O)N(C)C)CC1. The van der Waals surface area contributed by atoms with Crippen molar-refractivity contribution in [2.24, 2.45) is 0 Å². The predicted molar refractivity (Wildman–Crippen MR) is 90.0 cm³/mol. The van der Waals surface area contributed by atoms with E-state index in [1.165, 1.54) is 12.1 Å². The van der Waals surface area contributed by atoms with Gasteiger partial charge in [-0.25, -0.2) is 4.79 Å². The highest BCUT2D eigenvalue weighted by molar-refractivity contribution is 5.81. The number of carbonyl (C=O) groups excluding carboxylic acids is 2. The summed E-state index contributed by atoms with van der Waals surface area (Å²) in [6, 6.07) is 6.31. The van der Waals surface area contributed by atoms with E-state index in [1.807, 2.05) is 0 Å². The van der Waals surface area contributed by atoms with Crippen molar-refractivity contribution in [3.63, 3.8) is 0 Å². The Balaban J connectivity index is 1.78. The lowest BCUT2D eigenvalue weighted by atomic mass is 10.1. The molecule has 7 heteroatoms. The summed E-state index contributed by atoms with van der Waals surface area (Å²) in [6.45, 7) is 2.96. The number of urea groups is 1. The maximum Gasteiger partial charge on any atom is 0.319 e. The van der Waals surface area contributed by atoms with Gasteiger partial charge in [0.2, 0.25) is 0 Å². The van der Waals surface area contributed by atoms with Gasteiger partial charge in [0.15, 0.2) is 6.10 Å². The summed E-state index contributed by atoms with van der Waals surface area (Å²) in [5.41, 5.74) is 0. The van der Waals surface area contributed by atoms with E-state index < -0.39 is 6.10 Å². The molecule has 1 aromatic carbocycles. The Labute approximate surface area is 142 Å². The van der Waals surface area contributed by atoms with Gasteiger partial charge in [-0.15, -0.1) is 0 Å². The molecule has 1 atom stereocenters. The molecule has 0 aliphatic carbocycles. The molecule has 1 fully saturated rings. The molecule has 1 aliphatic rings. The molecular formula is C17H25N3O4. The van der Waals surface area contributed by atoms with Crippen LogP contribution in [-0.4, -0.2) is 66.2 Å². The summed E-state index contributed by atoms with van der Waals surface area (Å²) in [7, 11) is 3.47. The lowest BCUT2D eigenvalue weighted by Gasteiger charge is -2.34. The van der Waals surface area contributed by atoms with E-state index in [-0.39, 0.29) is 23.7 Å². The first kappa shape index (κ1) is 17.9. The summed E-state index contributed by atoms with van der Waals surface area (Å²) in [5, 5.41) is 12.2. The van der Waals surface area contributed by atoms with Crippen molar-refractivity contribution in [1.29, 1.82) is 0 Å². The lowest BCUT2D eigenvalue weighted by molar-refractivity contribution is -0.128. The average molecular weight is 335 g/mol. The fourth-order valence-electron chi connectivity index (χ4n) is 2.60. The minimum atomic E-state index is -0.629. The molecule has 132 valence electrons. The van der Waals surface area contributed by atoms with Crippen molar-refractivity contribution in [2.75, 3.05) is 27.2 Å². The van der Waals surface area contributed by atoms with E-state index in [0.717, 1.165) is 12.8 Å². The molecule has 0 aromatic heterocycles. The molecule has 0 bridgehead atoms. The van der Waals surface area contributed by atoms with E-state index in [9.17, 15) is 14.7 Å². The summed E-state index contributed by atoms with van der Waals surface area (Å²) in [5.74, 6) is 0.501. The van der Waals surface area contributed by atoms with Gasteiger partial charge >= 0.3 is 6.03 Å². The van der Waals surface area contributed by atoms with Crippen LogP contribution in [0.3, 0.4) is 0 Å². The fourth-order valence-corrected chi connectivity index (χ4v) is 2.60. The highest BCUT2D eigenvalue weighted by atomic mass is 16.5. The molecule has 0 saturated carbocycles. The Bertz CT molecular complexity index is 566. The number of benzene rings is 1. The first-order valence-electron chi connectivity index (χ1n) is 8.09. The summed E-state index contributed by atoms with van der Waals surface area (Å²) >= 11 is 0. The van der Waals surface area contributed by atoms with Crippen LogP contribution in [-0.2, 0) is 4.79 Å². The van der Waals surface area contributed by atoms with E-state index in [0.29, 0.717) is 18.8 Å². The molecule has 1 aliphatic heterocycles. The van der Waals surface area contributed by atoms with Crippen LogP contribution in [0.25, 0.3) is 0 Å². The van der Waals surface area contributed by atoms with Gasteiger partial charge in [0.1, 0.15) is 11.5 Å². The summed E-state index contributed by atoms with van der Waals surface area (Å²) < 4.78 is 5.57. The van der Waals surface area contributed by atoms with Crippen molar-refractivity contribution >= 4 is 11.9 Å². The number of phenolic OH excluding ortho intramolecular Hbond substituents is 1. The third-order valence-corrected chi connectivity index (χ3v) is 4.01. The number of likely N-dealkylation sites (tertiary alicyclic amines) is 1. The Morgan fingerprint density at radius 1 is 1.25 bits per heavy atom. The number of nitrogens with zero attached hydrogens (tertiary/aromatic N) is 2. The van der Waals surface area contributed by atoms with Gasteiger partial charge in [0.05, 0.1) is 0 Å². The van der Waals surface area contributed by atoms with E-state index in [1.54, 1.807) is 43.0 Å². The zero-order valence-electron chi connectivity index (χ0n) is 14.4. The van der Waals surface area contributed by atoms with Gasteiger partial charge in [-0.1, -0.05) is 0 Å². The molecule has 2 N–H and O–H groups in total. The largest absolute Gasteiger partial charge is 0.508 e. The van der Waals surface area contributed by atoms with Crippen molar-refractivity contribution in [3.8, 4) is 11.5 Å². The van der Waals surface area contributed by atoms with E-state index in [2.05, 4.69) is 5.32 Å². The highest BCUT2D eigenvalue weighted by Gasteiger charge is 2.26. The van der Waals surface area contributed by atoms with Gasteiger partial charge in [0.25, 0.3) is 5.91 Å². The molecule has 7 nitrogen and oxygen atoms in total. The summed E-state index contributed by atoms with van der Waals surface area (Å²) in [4.78, 5) is 27.5. The second-order valence-corrected chi connectivity index (χ2v) is 6.20. The third-order valence-electron chi connectivity index (χ3n) is 4.01. The number of nitrogens with one attached hydrogen (secondary N) is 1. The number of aromatic hydroxyl groups is 1. The Morgan fingerprint density at radius 2 is 1.83 bits per heavy atom. The number of amides is 3. The van der Waals surface area contributed by atoms with Crippen molar-refractivity contribution in [1.82, 2.24) is 15.1 Å². The normalized spacial score (nSPS) is 16.4. The molecule has 0 radical (unpaired) electrons. The molecule has 1 aromatic rings. The molecular weight excluding hydrogens is 310 g/mol. The number of carbonyl (C=O) groups is 2. The predicted octanol–water partition coefficient (Wildman–Crippen LogP) is 1.42. The van der Waals surface area contributed by atoms with Crippen molar-refractivity contribution in [2.45, 2.75) is 31.9 Å². The van der Waals surface area contributed by atoms with E-state index >= 15 is 0 Å². The molecule has 3 amide bonds. The van der Waals surface area contributed by atoms with Crippen LogP contribution in [0.15, 0.2) is 24.3 Å². The zero-order valence-corrected chi connectivity index (χ0v) is 14.4. The van der Waals surface area contributed by atoms with Gasteiger partial charge < -0.3 is 25.0 Å². The molecule has 2 rings (SSSR count). The standard InChI is InChI=1S/C17H25N3O4/c1-12(24-15-6-4-14(21)5-7-15)16(22)18-13-8-10-20(11-9-13)17(23)19(2)3/h4-7,12-13,21H,8-11H2,1-3H3,(H,18,22). The topological polar surface area (TPSA) is 82.1 Å². The monoisotopic (exact) mass is 335 g/mol. The van der Waals surface area contributed by atoms with Crippen LogP contribution in [0.1, 0.15) is 19.8 Å². The molecule has 0 spiro atoms. The highest BCUT2D eigenvalue weighted by Crippen LogP contribution is 2.17. The van der Waals surface area contributed by atoms with Crippen LogP contribution in [0, 0.1) is 0 Å². The van der Waals surface area contributed by atoms with Crippen LogP contribution in [0.4, 0.5) is 4.79 Å².